The molecule has 1 amide bonds. The Balaban J connectivity index is 1.35. The molecule has 1 aromatic rings. The third-order valence-corrected chi connectivity index (χ3v) is 6.63. The van der Waals surface area contributed by atoms with Crippen LogP contribution in [0.3, 0.4) is 0 Å². The molecule has 3 fully saturated rings. The molecule has 0 bridgehead atoms. The predicted molar refractivity (Wildman–Crippen MR) is 101 cm³/mol. The van der Waals surface area contributed by atoms with Crippen molar-refractivity contribution >= 4 is 5.91 Å². The summed E-state index contributed by atoms with van der Waals surface area (Å²) in [5, 5.41) is 0. The highest BCUT2D eigenvalue weighted by Gasteiger charge is 2.45. The van der Waals surface area contributed by atoms with Crippen molar-refractivity contribution in [3.8, 4) is 0 Å². The molecule has 5 nitrogen and oxygen atoms in total. The fourth-order valence-electron chi connectivity index (χ4n) is 5.06. The molecule has 4 rings (SSSR count). The summed E-state index contributed by atoms with van der Waals surface area (Å²) in [5.74, 6) is 0.718. The number of ether oxygens (including phenoxy) is 1. The van der Waals surface area contributed by atoms with Gasteiger partial charge in [-0.25, -0.2) is 0 Å². The highest BCUT2D eigenvalue weighted by molar-refractivity contribution is 5.79. The number of pyridine rings is 1. The molecule has 142 valence electrons. The Morgan fingerprint density at radius 1 is 1.15 bits per heavy atom. The van der Waals surface area contributed by atoms with Gasteiger partial charge in [0.2, 0.25) is 5.91 Å². The van der Waals surface area contributed by atoms with Crippen molar-refractivity contribution in [3.05, 3.63) is 30.1 Å². The van der Waals surface area contributed by atoms with Crippen LogP contribution in [-0.2, 0) is 9.53 Å². The third-order valence-electron chi connectivity index (χ3n) is 6.63. The summed E-state index contributed by atoms with van der Waals surface area (Å²) in [6.07, 6.45) is 12.1. The number of aromatic nitrogens is 1. The zero-order valence-corrected chi connectivity index (χ0v) is 15.8. The van der Waals surface area contributed by atoms with Gasteiger partial charge in [-0.2, -0.15) is 0 Å². The molecule has 0 spiro atoms. The minimum atomic E-state index is 0.251. The molecule has 0 N–H and O–H groups in total. The van der Waals surface area contributed by atoms with Gasteiger partial charge in [0.15, 0.2) is 0 Å². The molecule has 26 heavy (non-hydrogen) atoms. The molecule has 2 saturated heterocycles. The number of carbonyl (C=O) groups is 1. The van der Waals surface area contributed by atoms with E-state index in [4.69, 9.17) is 4.74 Å². The lowest BCUT2D eigenvalue weighted by Crippen LogP contribution is -2.60. The van der Waals surface area contributed by atoms with Gasteiger partial charge in [0.25, 0.3) is 0 Å². The van der Waals surface area contributed by atoms with Crippen LogP contribution in [0.5, 0.6) is 0 Å². The van der Waals surface area contributed by atoms with E-state index in [1.54, 1.807) is 7.11 Å². The molecule has 0 unspecified atom stereocenters. The van der Waals surface area contributed by atoms with E-state index in [1.165, 1.54) is 24.8 Å². The first-order chi connectivity index (χ1) is 12.8. The average molecular weight is 357 g/mol. The highest BCUT2D eigenvalue weighted by Crippen LogP contribution is 2.39. The van der Waals surface area contributed by atoms with Crippen molar-refractivity contribution in [2.24, 2.45) is 5.92 Å². The van der Waals surface area contributed by atoms with Gasteiger partial charge < -0.3 is 9.64 Å². The van der Waals surface area contributed by atoms with Gasteiger partial charge in [0, 0.05) is 51.1 Å². The maximum absolute atomic E-state index is 12.8. The molecule has 0 aromatic carbocycles. The van der Waals surface area contributed by atoms with E-state index in [9.17, 15) is 4.79 Å². The molecule has 2 atom stereocenters. The summed E-state index contributed by atoms with van der Waals surface area (Å²) >= 11 is 0. The largest absolute Gasteiger partial charge is 0.378 e. The second-order valence-electron chi connectivity index (χ2n) is 8.09. The summed E-state index contributed by atoms with van der Waals surface area (Å²) in [5.41, 5.74) is 1.24. The number of piperidine rings is 1. The Morgan fingerprint density at radius 2 is 1.92 bits per heavy atom. The van der Waals surface area contributed by atoms with E-state index in [0.717, 1.165) is 45.3 Å². The predicted octanol–water partition coefficient (Wildman–Crippen LogP) is 3.02. The minimum absolute atomic E-state index is 0.251. The zero-order valence-electron chi connectivity index (χ0n) is 15.8. The highest BCUT2D eigenvalue weighted by atomic mass is 16.5. The maximum atomic E-state index is 12.8. The van der Waals surface area contributed by atoms with Crippen LogP contribution in [0.4, 0.5) is 0 Å². The number of likely N-dealkylation sites (tertiary alicyclic amines) is 2. The van der Waals surface area contributed by atoms with E-state index >= 15 is 0 Å². The summed E-state index contributed by atoms with van der Waals surface area (Å²) < 4.78 is 5.68. The van der Waals surface area contributed by atoms with Gasteiger partial charge in [0.05, 0.1) is 12.1 Å². The molecule has 2 aliphatic heterocycles. The van der Waals surface area contributed by atoms with Crippen molar-refractivity contribution in [2.75, 3.05) is 26.7 Å². The fraction of sp³-hybridized carbons (Fsp3) is 0.714. The Labute approximate surface area is 156 Å². The second-order valence-corrected chi connectivity index (χ2v) is 8.09. The van der Waals surface area contributed by atoms with Crippen molar-refractivity contribution in [3.63, 3.8) is 0 Å². The van der Waals surface area contributed by atoms with Crippen molar-refractivity contribution in [1.29, 1.82) is 0 Å². The van der Waals surface area contributed by atoms with Crippen LogP contribution in [0.2, 0.25) is 0 Å². The molecule has 1 aromatic heterocycles. The van der Waals surface area contributed by atoms with E-state index in [2.05, 4.69) is 20.9 Å². The van der Waals surface area contributed by atoms with E-state index in [-0.39, 0.29) is 6.10 Å². The molecular weight excluding hydrogens is 326 g/mol. The number of amides is 1. The van der Waals surface area contributed by atoms with Crippen LogP contribution in [-0.4, -0.2) is 59.6 Å². The monoisotopic (exact) mass is 357 g/mol. The first-order valence-electron chi connectivity index (χ1n) is 10.2. The van der Waals surface area contributed by atoms with E-state index in [1.807, 2.05) is 18.5 Å². The minimum Gasteiger partial charge on any atom is -0.378 e. The SMILES string of the molecule is CO[C@H]1CN(C2CCN(C(=O)C3CCCCC3)CC2)[C@H]1c1cccnc1. The number of methoxy groups -OCH3 is 1. The van der Waals surface area contributed by atoms with Crippen LogP contribution in [0.1, 0.15) is 56.6 Å². The van der Waals surface area contributed by atoms with Crippen molar-refractivity contribution in [2.45, 2.75) is 63.1 Å². The van der Waals surface area contributed by atoms with Crippen LogP contribution >= 0.6 is 0 Å². The second kappa shape index (κ2) is 8.05. The molecule has 5 heteroatoms. The van der Waals surface area contributed by atoms with Crippen LogP contribution in [0, 0.1) is 5.92 Å². The zero-order chi connectivity index (χ0) is 17.9. The molecule has 0 radical (unpaired) electrons. The summed E-state index contributed by atoms with van der Waals surface area (Å²) in [7, 11) is 1.80. The normalized spacial score (nSPS) is 28.7. The average Bonchev–Trinajstić information content (AvgIpc) is 2.69. The Kier molecular flexibility index (Phi) is 5.55. The molecule has 3 aliphatic rings. The summed E-state index contributed by atoms with van der Waals surface area (Å²) in [6, 6.07) is 5.00. The van der Waals surface area contributed by atoms with Crippen LogP contribution < -0.4 is 0 Å². The van der Waals surface area contributed by atoms with Crippen molar-refractivity contribution < 1.29 is 9.53 Å². The van der Waals surface area contributed by atoms with Crippen LogP contribution in [0.15, 0.2) is 24.5 Å². The third kappa shape index (κ3) is 3.52. The van der Waals surface area contributed by atoms with Gasteiger partial charge in [0.1, 0.15) is 0 Å². The number of hydrogen-bond donors (Lipinski definition) is 0. The first kappa shape index (κ1) is 17.9. The van der Waals surface area contributed by atoms with E-state index < -0.39 is 0 Å². The summed E-state index contributed by atoms with van der Waals surface area (Å²) in [4.78, 5) is 21.8. The first-order valence-corrected chi connectivity index (χ1v) is 10.2. The Hall–Kier alpha value is -1.46. The molecule has 3 heterocycles. The Morgan fingerprint density at radius 3 is 2.58 bits per heavy atom. The number of hydrogen-bond acceptors (Lipinski definition) is 4. The van der Waals surface area contributed by atoms with Crippen LogP contribution in [0.25, 0.3) is 0 Å². The number of carbonyl (C=O) groups excluding carboxylic acids is 1. The Bertz CT molecular complexity index is 595. The standard InChI is InChI=1S/C21H31N3O2/c1-26-19-15-24(20(19)17-8-5-11-22-14-17)18-9-12-23(13-10-18)21(25)16-6-3-2-4-7-16/h5,8,11,14,16,18-20H,2-4,6-7,9-10,12-13,15H2,1H3/t19-,20-/m0/s1. The van der Waals surface area contributed by atoms with Gasteiger partial charge in [-0.05, 0) is 37.3 Å². The van der Waals surface area contributed by atoms with Gasteiger partial charge >= 0.3 is 0 Å². The molecule has 1 saturated carbocycles. The van der Waals surface area contributed by atoms with Crippen molar-refractivity contribution in [1.82, 2.24) is 14.8 Å². The number of rotatable bonds is 4. The summed E-state index contributed by atoms with van der Waals surface area (Å²) in [6.45, 7) is 2.80. The maximum Gasteiger partial charge on any atom is 0.225 e. The van der Waals surface area contributed by atoms with Gasteiger partial charge in [-0.3, -0.25) is 14.7 Å². The quantitative estimate of drug-likeness (QED) is 0.831. The topological polar surface area (TPSA) is 45.7 Å². The smallest absolute Gasteiger partial charge is 0.225 e. The number of nitrogens with zero attached hydrogens (tertiary/aromatic N) is 3. The van der Waals surface area contributed by atoms with E-state index in [0.29, 0.717) is 23.9 Å². The van der Waals surface area contributed by atoms with Gasteiger partial charge in [-0.1, -0.05) is 25.3 Å². The molecule has 1 aliphatic carbocycles. The lowest BCUT2D eigenvalue weighted by Gasteiger charge is -2.53. The fourth-order valence-corrected chi connectivity index (χ4v) is 5.06. The van der Waals surface area contributed by atoms with Gasteiger partial charge in [-0.15, -0.1) is 0 Å². The lowest BCUT2D eigenvalue weighted by molar-refractivity contribution is -0.142. The molecular formula is C21H31N3O2. The lowest BCUT2D eigenvalue weighted by atomic mass is 9.86.